The van der Waals surface area contributed by atoms with Crippen LogP contribution in [0.4, 0.5) is 0 Å². The summed E-state index contributed by atoms with van der Waals surface area (Å²) in [7, 11) is 1.63. The largest absolute Gasteiger partial charge is 0.497 e. The van der Waals surface area contributed by atoms with E-state index in [1.165, 1.54) is 0 Å². The molecule has 4 heteroatoms. The zero-order chi connectivity index (χ0) is 14.4. The van der Waals surface area contributed by atoms with Crippen LogP contribution in [0, 0.1) is 0 Å². The normalized spacial score (nSPS) is 10.1. The summed E-state index contributed by atoms with van der Waals surface area (Å²) in [5, 5.41) is 11.4. The van der Waals surface area contributed by atoms with Crippen LogP contribution >= 0.6 is 0 Å². The van der Waals surface area contributed by atoms with Crippen molar-refractivity contribution in [3.63, 3.8) is 0 Å². The van der Waals surface area contributed by atoms with Gasteiger partial charge in [-0.25, -0.2) is 0 Å². The highest BCUT2D eigenvalue weighted by molar-refractivity contribution is 5.95. The van der Waals surface area contributed by atoms with Crippen molar-refractivity contribution in [1.82, 2.24) is 5.32 Å². The molecule has 0 aliphatic carbocycles. The molecule has 0 fully saturated rings. The molecule has 1 amide bonds. The number of hydrogen-bond acceptors (Lipinski definition) is 3. The minimum absolute atomic E-state index is 0.0656. The van der Waals surface area contributed by atoms with Gasteiger partial charge >= 0.3 is 0 Å². The molecule has 104 valence electrons. The molecule has 0 bridgehead atoms. The lowest BCUT2D eigenvalue weighted by molar-refractivity contribution is 0.0945. The Morgan fingerprint density at radius 1 is 1.15 bits per heavy atom. The van der Waals surface area contributed by atoms with E-state index in [9.17, 15) is 4.79 Å². The summed E-state index contributed by atoms with van der Waals surface area (Å²) in [6.45, 7) is 0.190. The summed E-state index contributed by atoms with van der Waals surface area (Å²) >= 11 is 0. The van der Waals surface area contributed by atoms with Crippen molar-refractivity contribution < 1.29 is 14.6 Å². The van der Waals surface area contributed by atoms with Gasteiger partial charge in [0.05, 0.1) is 13.7 Å². The summed E-state index contributed by atoms with van der Waals surface area (Å²) in [4.78, 5) is 11.8. The first-order chi connectivity index (χ1) is 9.74. The number of ether oxygens (including phenoxy) is 1. The van der Waals surface area contributed by atoms with Gasteiger partial charge in [-0.2, -0.15) is 0 Å². The molecule has 2 aromatic rings. The average Bonchev–Trinajstić information content (AvgIpc) is 2.52. The van der Waals surface area contributed by atoms with Gasteiger partial charge in [-0.3, -0.25) is 4.79 Å². The number of hydrogen-bond donors (Lipinski definition) is 2. The van der Waals surface area contributed by atoms with Crippen LogP contribution in [0.25, 0.3) is 11.1 Å². The van der Waals surface area contributed by atoms with Gasteiger partial charge in [-0.15, -0.1) is 0 Å². The predicted molar refractivity (Wildman–Crippen MR) is 77.8 cm³/mol. The van der Waals surface area contributed by atoms with E-state index in [1.807, 2.05) is 42.5 Å². The molecule has 2 rings (SSSR count). The number of carbonyl (C=O) groups is 1. The number of aliphatic hydroxyl groups excluding tert-OH is 1. The molecule has 0 heterocycles. The quantitative estimate of drug-likeness (QED) is 0.875. The fourth-order valence-corrected chi connectivity index (χ4v) is 1.89. The molecule has 0 spiro atoms. The zero-order valence-electron chi connectivity index (χ0n) is 11.3. The van der Waals surface area contributed by atoms with E-state index in [0.717, 1.165) is 16.9 Å². The maximum atomic E-state index is 11.8. The van der Waals surface area contributed by atoms with Crippen molar-refractivity contribution in [1.29, 1.82) is 0 Å². The van der Waals surface area contributed by atoms with Gasteiger partial charge in [0, 0.05) is 12.1 Å². The molecule has 0 aliphatic heterocycles. The van der Waals surface area contributed by atoms with Crippen molar-refractivity contribution >= 4 is 5.91 Å². The van der Waals surface area contributed by atoms with Crippen molar-refractivity contribution in [2.24, 2.45) is 0 Å². The van der Waals surface area contributed by atoms with Gasteiger partial charge in [-0.05, 0) is 35.4 Å². The molecule has 2 N–H and O–H groups in total. The Bertz CT molecular complexity index is 579. The minimum atomic E-state index is -0.186. The fraction of sp³-hybridized carbons (Fsp3) is 0.188. The van der Waals surface area contributed by atoms with Crippen LogP contribution < -0.4 is 10.1 Å². The van der Waals surface area contributed by atoms with Gasteiger partial charge in [-0.1, -0.05) is 24.3 Å². The molecule has 0 aromatic heterocycles. The predicted octanol–water partition coefficient (Wildman–Crippen LogP) is 2.08. The van der Waals surface area contributed by atoms with Crippen molar-refractivity contribution in [2.75, 3.05) is 20.3 Å². The minimum Gasteiger partial charge on any atom is -0.497 e. The lowest BCUT2D eigenvalue weighted by Gasteiger charge is -2.07. The summed E-state index contributed by atoms with van der Waals surface area (Å²) in [5.41, 5.74) is 2.55. The molecule has 0 radical (unpaired) electrons. The van der Waals surface area contributed by atoms with Crippen molar-refractivity contribution in [3.8, 4) is 16.9 Å². The number of rotatable bonds is 5. The monoisotopic (exact) mass is 271 g/mol. The van der Waals surface area contributed by atoms with Crippen LogP contribution in [-0.4, -0.2) is 31.3 Å². The third kappa shape index (κ3) is 3.36. The van der Waals surface area contributed by atoms with Gasteiger partial charge in [0.1, 0.15) is 5.75 Å². The fourth-order valence-electron chi connectivity index (χ4n) is 1.89. The number of aliphatic hydroxyl groups is 1. The maximum Gasteiger partial charge on any atom is 0.251 e. The molecule has 0 saturated heterocycles. The van der Waals surface area contributed by atoms with Gasteiger partial charge in [0.15, 0.2) is 0 Å². The zero-order valence-corrected chi connectivity index (χ0v) is 11.3. The molecule has 2 aromatic carbocycles. The molecule has 0 atom stereocenters. The van der Waals surface area contributed by atoms with Crippen LogP contribution in [0.1, 0.15) is 10.4 Å². The van der Waals surface area contributed by atoms with E-state index < -0.39 is 0 Å². The number of carbonyl (C=O) groups excluding carboxylic acids is 1. The lowest BCUT2D eigenvalue weighted by atomic mass is 10.0. The highest BCUT2D eigenvalue weighted by Crippen LogP contribution is 2.23. The standard InChI is InChI=1S/C16H17NO3/c1-20-15-7-5-12(6-8-15)13-3-2-4-14(11-13)16(19)17-9-10-18/h2-8,11,18H,9-10H2,1H3,(H,17,19). The summed E-state index contributed by atoms with van der Waals surface area (Å²) in [6, 6.07) is 15.0. The molecule has 0 aliphatic rings. The first-order valence-corrected chi connectivity index (χ1v) is 6.38. The van der Waals surface area contributed by atoms with E-state index in [0.29, 0.717) is 5.56 Å². The smallest absolute Gasteiger partial charge is 0.251 e. The Balaban J connectivity index is 2.22. The van der Waals surface area contributed by atoms with Crippen molar-refractivity contribution in [3.05, 3.63) is 54.1 Å². The maximum absolute atomic E-state index is 11.8. The molecular formula is C16H17NO3. The Morgan fingerprint density at radius 2 is 1.90 bits per heavy atom. The number of nitrogens with one attached hydrogen (secondary N) is 1. The second-order valence-corrected chi connectivity index (χ2v) is 4.29. The summed E-state index contributed by atoms with van der Waals surface area (Å²) in [5.74, 6) is 0.611. The topological polar surface area (TPSA) is 58.6 Å². The number of amides is 1. The van der Waals surface area contributed by atoms with Crippen LogP contribution in [0.5, 0.6) is 5.75 Å². The van der Waals surface area contributed by atoms with E-state index in [1.54, 1.807) is 13.2 Å². The van der Waals surface area contributed by atoms with Gasteiger partial charge in [0.25, 0.3) is 5.91 Å². The lowest BCUT2D eigenvalue weighted by Crippen LogP contribution is -2.26. The highest BCUT2D eigenvalue weighted by atomic mass is 16.5. The second-order valence-electron chi connectivity index (χ2n) is 4.29. The van der Waals surface area contributed by atoms with E-state index in [-0.39, 0.29) is 19.1 Å². The van der Waals surface area contributed by atoms with Crippen molar-refractivity contribution in [2.45, 2.75) is 0 Å². The third-order valence-electron chi connectivity index (χ3n) is 2.95. The van der Waals surface area contributed by atoms with Crippen LogP contribution in [0.3, 0.4) is 0 Å². The van der Waals surface area contributed by atoms with E-state index >= 15 is 0 Å². The van der Waals surface area contributed by atoms with Gasteiger partial charge in [0.2, 0.25) is 0 Å². The Labute approximate surface area is 118 Å². The SMILES string of the molecule is COc1ccc(-c2cccc(C(=O)NCCO)c2)cc1. The van der Waals surface area contributed by atoms with Crippen LogP contribution in [-0.2, 0) is 0 Å². The molecule has 0 saturated carbocycles. The molecule has 20 heavy (non-hydrogen) atoms. The van der Waals surface area contributed by atoms with Crippen LogP contribution in [0.15, 0.2) is 48.5 Å². The van der Waals surface area contributed by atoms with Gasteiger partial charge < -0.3 is 15.2 Å². The first-order valence-electron chi connectivity index (χ1n) is 6.38. The van der Waals surface area contributed by atoms with Crippen LogP contribution in [0.2, 0.25) is 0 Å². The Hall–Kier alpha value is -2.33. The summed E-state index contributed by atoms with van der Waals surface area (Å²) < 4.78 is 5.12. The Kier molecular flexibility index (Phi) is 4.74. The third-order valence-corrected chi connectivity index (χ3v) is 2.95. The summed E-state index contributed by atoms with van der Waals surface area (Å²) in [6.07, 6.45) is 0. The van der Waals surface area contributed by atoms with E-state index in [2.05, 4.69) is 5.32 Å². The highest BCUT2D eigenvalue weighted by Gasteiger charge is 2.06. The number of benzene rings is 2. The molecule has 4 nitrogen and oxygen atoms in total. The second kappa shape index (κ2) is 6.73. The molecular weight excluding hydrogens is 254 g/mol. The Morgan fingerprint density at radius 3 is 2.55 bits per heavy atom. The number of methoxy groups -OCH3 is 1. The molecule has 0 unspecified atom stereocenters. The van der Waals surface area contributed by atoms with E-state index in [4.69, 9.17) is 9.84 Å². The first kappa shape index (κ1) is 14.1. The average molecular weight is 271 g/mol.